The van der Waals surface area contributed by atoms with Gasteiger partial charge >= 0.3 is 6.03 Å². The monoisotopic (exact) mass is 395 g/mol. The first-order valence-electron chi connectivity index (χ1n) is 8.92. The van der Waals surface area contributed by atoms with Gasteiger partial charge in [-0.3, -0.25) is 0 Å². The minimum absolute atomic E-state index is 0.0642. The van der Waals surface area contributed by atoms with Crippen molar-refractivity contribution in [2.45, 2.75) is 6.17 Å². The average Bonchev–Trinajstić information content (AvgIpc) is 3.35. The number of alkyl halides is 1. The Labute approximate surface area is 163 Å². The lowest BCUT2D eigenvalue weighted by molar-refractivity contribution is 0.0974. The van der Waals surface area contributed by atoms with Gasteiger partial charge in [-0.2, -0.15) is 5.10 Å². The molecule has 0 radical (unpaired) electrons. The highest BCUT2D eigenvalue weighted by Gasteiger charge is 2.30. The number of amides is 2. The van der Waals surface area contributed by atoms with Crippen molar-refractivity contribution in [3.63, 3.8) is 0 Å². The van der Waals surface area contributed by atoms with Gasteiger partial charge in [0.15, 0.2) is 5.65 Å². The maximum absolute atomic E-state index is 14.4. The number of aromatic nitrogens is 5. The Morgan fingerprint density at radius 1 is 1.21 bits per heavy atom. The number of rotatable bonds is 3. The standard InChI is InChI=1S/C19H15F2N7O/c20-13-10-26(11-13)19(29)24-14-2-3-16(21)17(7-14)28-9-12-6-15(8-22-18(12)25-28)27-5-1-4-23-27/h1-9,13H,10-11H2,(H,24,29). The van der Waals surface area contributed by atoms with Crippen molar-refractivity contribution in [1.29, 1.82) is 0 Å². The van der Waals surface area contributed by atoms with Crippen LogP contribution < -0.4 is 5.32 Å². The van der Waals surface area contributed by atoms with Crippen molar-refractivity contribution in [1.82, 2.24) is 29.4 Å². The van der Waals surface area contributed by atoms with Crippen molar-refractivity contribution >= 4 is 22.8 Å². The van der Waals surface area contributed by atoms with Gasteiger partial charge in [-0.25, -0.2) is 27.9 Å². The Kier molecular flexibility index (Phi) is 3.97. The van der Waals surface area contributed by atoms with Crippen LogP contribution in [0, 0.1) is 5.82 Å². The molecule has 1 aliphatic heterocycles. The Hall–Kier alpha value is -3.82. The van der Waals surface area contributed by atoms with Crippen LogP contribution in [0.15, 0.2) is 55.1 Å². The zero-order valence-corrected chi connectivity index (χ0v) is 15.0. The molecule has 0 atom stereocenters. The topological polar surface area (TPSA) is 80.9 Å². The third-order valence-corrected chi connectivity index (χ3v) is 4.68. The third-order valence-electron chi connectivity index (χ3n) is 4.68. The maximum atomic E-state index is 14.4. The quantitative estimate of drug-likeness (QED) is 0.578. The number of likely N-dealkylation sites (tertiary alicyclic amines) is 1. The highest BCUT2D eigenvalue weighted by molar-refractivity contribution is 5.90. The van der Waals surface area contributed by atoms with E-state index in [0.717, 1.165) is 5.69 Å². The van der Waals surface area contributed by atoms with E-state index in [2.05, 4.69) is 20.5 Å². The van der Waals surface area contributed by atoms with E-state index in [1.54, 1.807) is 35.5 Å². The van der Waals surface area contributed by atoms with E-state index in [0.29, 0.717) is 16.7 Å². The van der Waals surface area contributed by atoms with Gasteiger partial charge in [-0.05, 0) is 30.3 Å². The first kappa shape index (κ1) is 17.3. The number of hydrogen-bond acceptors (Lipinski definition) is 4. The molecule has 3 aromatic heterocycles. The second kappa shape index (κ2) is 6.66. The Morgan fingerprint density at radius 2 is 2.07 bits per heavy atom. The molecule has 2 amide bonds. The van der Waals surface area contributed by atoms with Crippen molar-refractivity contribution in [2.24, 2.45) is 0 Å². The number of benzene rings is 1. The predicted octanol–water partition coefficient (Wildman–Crippen LogP) is 2.93. The summed E-state index contributed by atoms with van der Waals surface area (Å²) in [5, 5.41) is 11.8. The van der Waals surface area contributed by atoms with Gasteiger partial charge in [0.1, 0.15) is 17.7 Å². The first-order valence-corrected chi connectivity index (χ1v) is 8.92. The average molecular weight is 395 g/mol. The molecular formula is C19H15F2N7O. The molecule has 4 heterocycles. The summed E-state index contributed by atoms with van der Waals surface area (Å²) in [5.41, 5.74) is 1.75. The number of carbonyl (C=O) groups excluding carboxylic acids is 1. The zero-order chi connectivity index (χ0) is 20.0. The predicted molar refractivity (Wildman–Crippen MR) is 101 cm³/mol. The molecular weight excluding hydrogens is 380 g/mol. The third kappa shape index (κ3) is 3.18. The fourth-order valence-electron chi connectivity index (χ4n) is 3.13. The normalized spacial score (nSPS) is 14.2. The number of carbonyl (C=O) groups is 1. The van der Waals surface area contributed by atoms with Crippen molar-refractivity contribution < 1.29 is 13.6 Å². The van der Waals surface area contributed by atoms with Crippen molar-refractivity contribution in [2.75, 3.05) is 18.4 Å². The van der Waals surface area contributed by atoms with Crippen molar-refractivity contribution in [3.05, 3.63) is 60.9 Å². The molecule has 1 N–H and O–H groups in total. The molecule has 4 aromatic rings. The molecule has 29 heavy (non-hydrogen) atoms. The Bertz CT molecular complexity index is 1200. The summed E-state index contributed by atoms with van der Waals surface area (Å²) in [6.45, 7) is 0.128. The fraction of sp³-hybridized carbons (Fsp3) is 0.158. The molecule has 0 spiro atoms. The lowest BCUT2D eigenvalue weighted by Gasteiger charge is -2.34. The summed E-state index contributed by atoms with van der Waals surface area (Å²) < 4.78 is 30.4. The number of anilines is 1. The number of fused-ring (bicyclic) bond motifs is 1. The molecule has 0 aliphatic carbocycles. The molecule has 1 aromatic carbocycles. The van der Waals surface area contributed by atoms with E-state index in [1.807, 2.05) is 6.07 Å². The van der Waals surface area contributed by atoms with Gasteiger partial charge in [0, 0.05) is 29.7 Å². The molecule has 5 rings (SSSR count). The van der Waals surface area contributed by atoms with E-state index in [-0.39, 0.29) is 18.8 Å². The van der Waals surface area contributed by atoms with Crippen LogP contribution >= 0.6 is 0 Å². The number of pyridine rings is 1. The SMILES string of the molecule is O=C(Nc1ccc(F)c(-n2cc3cc(-n4cccn4)cnc3n2)c1)N1CC(F)C1. The molecule has 0 saturated carbocycles. The molecule has 1 fully saturated rings. The van der Waals surface area contributed by atoms with Gasteiger partial charge in [0.05, 0.1) is 25.0 Å². The highest BCUT2D eigenvalue weighted by atomic mass is 19.1. The van der Waals surface area contributed by atoms with Crippen LogP contribution in [0.3, 0.4) is 0 Å². The van der Waals surface area contributed by atoms with Crippen LogP contribution in [0.5, 0.6) is 0 Å². The smallest absolute Gasteiger partial charge is 0.319 e. The highest BCUT2D eigenvalue weighted by Crippen LogP contribution is 2.23. The van der Waals surface area contributed by atoms with Crippen molar-refractivity contribution in [3.8, 4) is 11.4 Å². The number of nitrogens with zero attached hydrogens (tertiary/aromatic N) is 6. The Morgan fingerprint density at radius 3 is 2.83 bits per heavy atom. The van der Waals surface area contributed by atoms with E-state index in [4.69, 9.17) is 0 Å². The molecule has 8 nitrogen and oxygen atoms in total. The van der Waals surface area contributed by atoms with E-state index in [1.165, 1.54) is 27.8 Å². The summed E-state index contributed by atoms with van der Waals surface area (Å²) in [6, 6.07) is 7.39. The van der Waals surface area contributed by atoms with Crippen LogP contribution in [0.2, 0.25) is 0 Å². The largest absolute Gasteiger partial charge is 0.322 e. The second-order valence-corrected chi connectivity index (χ2v) is 6.73. The minimum Gasteiger partial charge on any atom is -0.319 e. The molecule has 146 valence electrons. The first-order chi connectivity index (χ1) is 14.1. The number of urea groups is 1. The van der Waals surface area contributed by atoms with Crippen LogP contribution in [-0.4, -0.2) is 54.7 Å². The van der Waals surface area contributed by atoms with Gasteiger partial charge in [0.2, 0.25) is 0 Å². The Balaban J connectivity index is 1.45. The zero-order valence-electron chi connectivity index (χ0n) is 15.0. The summed E-state index contributed by atoms with van der Waals surface area (Å²) in [4.78, 5) is 17.7. The fourth-order valence-corrected chi connectivity index (χ4v) is 3.13. The van der Waals surface area contributed by atoms with Crippen LogP contribution in [-0.2, 0) is 0 Å². The van der Waals surface area contributed by atoms with Crippen LogP contribution in [0.25, 0.3) is 22.4 Å². The van der Waals surface area contributed by atoms with E-state index in [9.17, 15) is 13.6 Å². The molecule has 10 heteroatoms. The number of nitrogens with one attached hydrogen (secondary N) is 1. The number of hydrogen-bond donors (Lipinski definition) is 1. The molecule has 1 aliphatic rings. The lowest BCUT2D eigenvalue weighted by Crippen LogP contribution is -2.53. The number of halogens is 2. The van der Waals surface area contributed by atoms with Gasteiger partial charge in [-0.15, -0.1) is 5.10 Å². The summed E-state index contributed by atoms with van der Waals surface area (Å²) in [6.07, 6.45) is 5.76. The van der Waals surface area contributed by atoms with Crippen LogP contribution in [0.1, 0.15) is 0 Å². The molecule has 1 saturated heterocycles. The van der Waals surface area contributed by atoms with E-state index >= 15 is 0 Å². The molecule has 0 bridgehead atoms. The summed E-state index contributed by atoms with van der Waals surface area (Å²) >= 11 is 0. The van der Waals surface area contributed by atoms with Gasteiger partial charge in [0.25, 0.3) is 0 Å². The molecule has 0 unspecified atom stereocenters. The van der Waals surface area contributed by atoms with Gasteiger partial charge < -0.3 is 10.2 Å². The maximum Gasteiger partial charge on any atom is 0.322 e. The summed E-state index contributed by atoms with van der Waals surface area (Å²) in [5.74, 6) is -0.504. The van der Waals surface area contributed by atoms with Gasteiger partial charge in [-0.1, -0.05) is 0 Å². The van der Waals surface area contributed by atoms with E-state index < -0.39 is 18.0 Å². The lowest BCUT2D eigenvalue weighted by atomic mass is 10.2. The minimum atomic E-state index is -0.986. The second-order valence-electron chi connectivity index (χ2n) is 6.73. The summed E-state index contributed by atoms with van der Waals surface area (Å²) in [7, 11) is 0. The van der Waals surface area contributed by atoms with Crippen LogP contribution in [0.4, 0.5) is 19.3 Å².